The predicted octanol–water partition coefficient (Wildman–Crippen LogP) is 3.61. The number of aryl methyl sites for hydroxylation is 1. The van der Waals surface area contributed by atoms with Crippen LogP contribution in [0.15, 0.2) is 41.2 Å². The van der Waals surface area contributed by atoms with Crippen molar-refractivity contribution in [3.05, 3.63) is 62.1 Å². The van der Waals surface area contributed by atoms with Gasteiger partial charge < -0.3 is 20.5 Å². The van der Waals surface area contributed by atoms with Gasteiger partial charge in [0.2, 0.25) is 0 Å². The van der Waals surface area contributed by atoms with Gasteiger partial charge in [0.25, 0.3) is 11.5 Å². The number of nitrogens with zero attached hydrogens (tertiary/aromatic N) is 4. The number of pyridine rings is 1. The predicted molar refractivity (Wildman–Crippen MR) is 116 cm³/mol. The number of aromatic nitrogens is 1. The molecule has 2 aromatic heterocycles. The van der Waals surface area contributed by atoms with E-state index in [1.807, 2.05) is 29.2 Å². The number of fused-ring (bicyclic) bond motifs is 1. The second-order valence-electron chi connectivity index (χ2n) is 7.16. The van der Waals surface area contributed by atoms with Crippen molar-refractivity contribution in [3.63, 3.8) is 0 Å². The average molecular weight is 463 g/mol. The molecule has 3 N–H and O–H groups in total. The standard InChI is InChI=1S/C21H17F3N4O2S.H3N/c1-26-15-5-3-2-4-13(15)18(14(12-25)19(26)29)27-8-10-28(11-9-27)20(30)16-6-7-17(31-16)21(22,23)24;/h2-7H,8-11H2,1H3;1H3. The van der Waals surface area contributed by atoms with Gasteiger partial charge in [-0.2, -0.15) is 18.4 Å². The summed E-state index contributed by atoms with van der Waals surface area (Å²) in [5.41, 5.74) is 0.865. The molecule has 1 aliphatic heterocycles. The molecule has 0 unspecified atom stereocenters. The number of halogens is 3. The van der Waals surface area contributed by atoms with E-state index < -0.39 is 22.5 Å². The summed E-state index contributed by atoms with van der Waals surface area (Å²) >= 11 is 0.433. The van der Waals surface area contributed by atoms with Crippen LogP contribution in [0.1, 0.15) is 20.1 Å². The maximum absolute atomic E-state index is 12.8. The van der Waals surface area contributed by atoms with Gasteiger partial charge >= 0.3 is 6.18 Å². The summed E-state index contributed by atoms with van der Waals surface area (Å²) in [6.07, 6.45) is -4.48. The van der Waals surface area contributed by atoms with Crippen LogP contribution < -0.4 is 16.6 Å². The van der Waals surface area contributed by atoms with Crippen LogP contribution in [0.2, 0.25) is 0 Å². The van der Waals surface area contributed by atoms with Crippen LogP contribution in [0, 0.1) is 11.3 Å². The third kappa shape index (κ3) is 3.94. The molecule has 0 atom stereocenters. The van der Waals surface area contributed by atoms with E-state index in [0.29, 0.717) is 35.6 Å². The zero-order valence-corrected chi connectivity index (χ0v) is 18.0. The van der Waals surface area contributed by atoms with Gasteiger partial charge in [-0.3, -0.25) is 9.59 Å². The fourth-order valence-corrected chi connectivity index (χ4v) is 4.64. The van der Waals surface area contributed by atoms with E-state index in [-0.39, 0.29) is 29.7 Å². The minimum absolute atomic E-state index is 0. The van der Waals surface area contributed by atoms with Gasteiger partial charge in [-0.15, -0.1) is 11.3 Å². The maximum atomic E-state index is 12.8. The number of carbonyl (C=O) groups excluding carboxylic acids is 1. The molecule has 168 valence electrons. The first kappa shape index (κ1) is 23.3. The molecule has 1 amide bonds. The normalized spacial score (nSPS) is 14.2. The van der Waals surface area contributed by atoms with E-state index in [1.54, 1.807) is 13.1 Å². The fourth-order valence-electron chi connectivity index (χ4n) is 3.80. The van der Waals surface area contributed by atoms with Crippen LogP contribution >= 0.6 is 11.3 Å². The van der Waals surface area contributed by atoms with E-state index >= 15 is 0 Å². The summed E-state index contributed by atoms with van der Waals surface area (Å²) in [5.74, 6) is -0.450. The molecule has 32 heavy (non-hydrogen) atoms. The number of carbonyl (C=O) groups is 1. The maximum Gasteiger partial charge on any atom is 0.425 e. The molecular formula is C21H20F3N5O2S. The number of para-hydroxylation sites is 1. The third-order valence-electron chi connectivity index (χ3n) is 5.37. The van der Waals surface area contributed by atoms with Crippen molar-refractivity contribution in [2.24, 2.45) is 7.05 Å². The van der Waals surface area contributed by atoms with Crippen LogP contribution in [0.3, 0.4) is 0 Å². The molecule has 1 aliphatic rings. The van der Waals surface area contributed by atoms with E-state index in [2.05, 4.69) is 0 Å². The van der Waals surface area contributed by atoms with Crippen LogP contribution in [-0.4, -0.2) is 41.6 Å². The van der Waals surface area contributed by atoms with Gasteiger partial charge in [-0.25, -0.2) is 0 Å². The highest BCUT2D eigenvalue weighted by molar-refractivity contribution is 7.14. The molecule has 1 aromatic carbocycles. The minimum Gasteiger partial charge on any atom is -0.366 e. The van der Waals surface area contributed by atoms with Crippen molar-refractivity contribution >= 4 is 33.8 Å². The van der Waals surface area contributed by atoms with Crippen molar-refractivity contribution in [1.82, 2.24) is 15.6 Å². The van der Waals surface area contributed by atoms with Crippen molar-refractivity contribution in [2.75, 3.05) is 31.1 Å². The summed E-state index contributed by atoms with van der Waals surface area (Å²) < 4.78 is 39.9. The van der Waals surface area contributed by atoms with Crippen molar-refractivity contribution in [2.45, 2.75) is 6.18 Å². The van der Waals surface area contributed by atoms with Gasteiger partial charge in [-0.05, 0) is 18.2 Å². The van der Waals surface area contributed by atoms with Gasteiger partial charge in [0, 0.05) is 38.6 Å². The summed E-state index contributed by atoms with van der Waals surface area (Å²) in [6, 6.07) is 11.4. The molecule has 0 spiro atoms. The second kappa shape index (κ2) is 8.64. The summed E-state index contributed by atoms with van der Waals surface area (Å²) in [5, 5.41) is 10.4. The third-order valence-corrected chi connectivity index (χ3v) is 6.48. The Morgan fingerprint density at radius 1 is 1.09 bits per heavy atom. The van der Waals surface area contributed by atoms with E-state index in [1.165, 1.54) is 15.5 Å². The number of alkyl halides is 3. The number of piperazine rings is 1. The topological polar surface area (TPSA) is 104 Å². The number of hydrogen-bond donors (Lipinski definition) is 1. The molecule has 7 nitrogen and oxygen atoms in total. The Morgan fingerprint density at radius 2 is 1.75 bits per heavy atom. The van der Waals surface area contributed by atoms with Crippen LogP contribution in [0.5, 0.6) is 0 Å². The number of anilines is 1. The molecule has 3 aromatic rings. The second-order valence-corrected chi connectivity index (χ2v) is 8.24. The van der Waals surface area contributed by atoms with E-state index in [0.717, 1.165) is 11.5 Å². The molecule has 0 radical (unpaired) electrons. The van der Waals surface area contributed by atoms with E-state index in [4.69, 9.17) is 0 Å². The number of rotatable bonds is 2. The first-order valence-corrected chi connectivity index (χ1v) is 10.3. The van der Waals surface area contributed by atoms with Crippen LogP contribution in [-0.2, 0) is 13.2 Å². The largest absolute Gasteiger partial charge is 0.425 e. The van der Waals surface area contributed by atoms with Gasteiger partial charge in [0.05, 0.1) is 16.1 Å². The SMILES string of the molecule is Cn1c(=O)c(C#N)c(N2CCN(C(=O)c3ccc(C(F)(F)F)s3)CC2)c2ccccc21.N. The molecule has 3 heterocycles. The number of nitriles is 1. The fraction of sp³-hybridized carbons (Fsp3) is 0.286. The lowest BCUT2D eigenvalue weighted by Gasteiger charge is -2.36. The van der Waals surface area contributed by atoms with Crippen molar-refractivity contribution < 1.29 is 18.0 Å². The Labute approximate surface area is 185 Å². The highest BCUT2D eigenvalue weighted by Crippen LogP contribution is 2.35. The van der Waals surface area contributed by atoms with Crippen molar-refractivity contribution in [1.29, 1.82) is 5.26 Å². The molecule has 0 bridgehead atoms. The smallest absolute Gasteiger partial charge is 0.366 e. The number of benzene rings is 1. The van der Waals surface area contributed by atoms with Gasteiger partial charge in [0.1, 0.15) is 16.5 Å². The van der Waals surface area contributed by atoms with Gasteiger partial charge in [-0.1, -0.05) is 18.2 Å². The summed E-state index contributed by atoms with van der Waals surface area (Å²) in [7, 11) is 1.61. The lowest BCUT2D eigenvalue weighted by Crippen LogP contribution is -2.49. The van der Waals surface area contributed by atoms with Crippen molar-refractivity contribution in [3.8, 4) is 6.07 Å². The number of hydrogen-bond acceptors (Lipinski definition) is 6. The highest BCUT2D eigenvalue weighted by atomic mass is 32.1. The molecule has 11 heteroatoms. The van der Waals surface area contributed by atoms with Crippen LogP contribution in [0.25, 0.3) is 10.9 Å². The van der Waals surface area contributed by atoms with E-state index in [9.17, 15) is 28.0 Å². The highest BCUT2D eigenvalue weighted by Gasteiger charge is 2.34. The molecule has 4 rings (SSSR count). The molecule has 1 saturated heterocycles. The Balaban J connectivity index is 0.00000289. The summed E-state index contributed by atoms with van der Waals surface area (Å²) in [4.78, 5) is 28.0. The molecule has 1 fully saturated rings. The number of amides is 1. The Hall–Kier alpha value is -3.36. The Bertz CT molecular complexity index is 1270. The minimum atomic E-state index is -4.48. The zero-order chi connectivity index (χ0) is 22.3. The molecular weight excluding hydrogens is 443 g/mol. The zero-order valence-electron chi connectivity index (χ0n) is 17.1. The lowest BCUT2D eigenvalue weighted by atomic mass is 10.1. The summed E-state index contributed by atoms with van der Waals surface area (Å²) in [6.45, 7) is 1.25. The first-order valence-electron chi connectivity index (χ1n) is 9.45. The lowest BCUT2D eigenvalue weighted by molar-refractivity contribution is -0.134. The Morgan fingerprint density at radius 3 is 2.34 bits per heavy atom. The molecule has 0 aliphatic carbocycles. The monoisotopic (exact) mass is 463 g/mol. The first-order chi connectivity index (χ1) is 14.7. The quantitative estimate of drug-likeness (QED) is 0.625. The van der Waals surface area contributed by atoms with Gasteiger partial charge in [0.15, 0.2) is 0 Å². The average Bonchev–Trinajstić information content (AvgIpc) is 3.27. The van der Waals surface area contributed by atoms with Crippen LogP contribution in [0.4, 0.5) is 18.9 Å². The molecule has 0 saturated carbocycles. The Kier molecular flexibility index (Phi) is 6.29. The number of thiophene rings is 1.